The predicted octanol–water partition coefficient (Wildman–Crippen LogP) is 2.74. The Kier molecular flexibility index (Phi) is 6.46. The average molecular weight is 255 g/mol. The van der Waals surface area contributed by atoms with Crippen LogP contribution in [0.2, 0.25) is 0 Å². The first-order valence-corrected chi connectivity index (χ1v) is 7.83. The molecule has 2 fully saturated rings. The van der Waals surface area contributed by atoms with E-state index in [1.165, 1.54) is 44.9 Å². The Labute approximate surface area is 112 Å². The van der Waals surface area contributed by atoms with E-state index < -0.39 is 0 Å². The molecule has 2 rings (SSSR count). The van der Waals surface area contributed by atoms with Crippen LogP contribution in [0, 0.1) is 5.92 Å². The van der Waals surface area contributed by atoms with Gasteiger partial charge in [0.05, 0.1) is 6.10 Å². The molecule has 0 saturated carbocycles. The fraction of sp³-hybridized carbons (Fsp3) is 1.00. The van der Waals surface area contributed by atoms with E-state index in [0.717, 1.165) is 32.3 Å². The fourth-order valence-corrected chi connectivity index (χ4v) is 3.29. The Morgan fingerprint density at radius 1 is 1.11 bits per heavy atom. The van der Waals surface area contributed by atoms with Crippen LogP contribution in [0.15, 0.2) is 0 Å². The van der Waals surface area contributed by atoms with E-state index in [-0.39, 0.29) is 0 Å². The molecule has 0 aromatic heterocycles. The van der Waals surface area contributed by atoms with Gasteiger partial charge in [0.15, 0.2) is 0 Å². The summed E-state index contributed by atoms with van der Waals surface area (Å²) in [4.78, 5) is 0. The number of hydrogen-bond acceptors (Lipinski definition) is 3. The highest BCUT2D eigenvalue weighted by molar-refractivity contribution is 4.80. The van der Waals surface area contributed by atoms with Crippen molar-refractivity contribution in [2.24, 2.45) is 5.92 Å². The maximum atomic E-state index is 5.84. The molecule has 3 nitrogen and oxygen atoms in total. The largest absolute Gasteiger partial charge is 0.381 e. The van der Waals surface area contributed by atoms with Crippen molar-refractivity contribution in [2.75, 3.05) is 26.4 Å². The lowest BCUT2D eigenvalue weighted by atomic mass is 9.87. The first-order valence-electron chi connectivity index (χ1n) is 7.83. The lowest BCUT2D eigenvalue weighted by molar-refractivity contribution is 0.00415. The summed E-state index contributed by atoms with van der Waals surface area (Å²) in [6.45, 7) is 6.17. The maximum Gasteiger partial charge on any atom is 0.0575 e. The van der Waals surface area contributed by atoms with Crippen LogP contribution < -0.4 is 5.32 Å². The molecule has 0 radical (unpaired) electrons. The van der Waals surface area contributed by atoms with Crippen LogP contribution in [0.5, 0.6) is 0 Å². The van der Waals surface area contributed by atoms with Gasteiger partial charge in [0.25, 0.3) is 0 Å². The summed E-state index contributed by atoms with van der Waals surface area (Å²) in [5.41, 5.74) is 0. The van der Waals surface area contributed by atoms with Gasteiger partial charge in [-0.25, -0.2) is 0 Å². The Morgan fingerprint density at radius 3 is 2.61 bits per heavy atom. The van der Waals surface area contributed by atoms with E-state index in [4.69, 9.17) is 9.47 Å². The minimum Gasteiger partial charge on any atom is -0.381 e. The first kappa shape index (κ1) is 14.3. The van der Waals surface area contributed by atoms with Gasteiger partial charge in [0, 0.05) is 25.9 Å². The maximum absolute atomic E-state index is 5.84. The zero-order chi connectivity index (χ0) is 12.6. The molecule has 0 aliphatic carbocycles. The van der Waals surface area contributed by atoms with Crippen LogP contribution in [-0.2, 0) is 9.47 Å². The van der Waals surface area contributed by atoms with Crippen molar-refractivity contribution in [3.8, 4) is 0 Å². The second-order valence-corrected chi connectivity index (χ2v) is 5.68. The Balaban J connectivity index is 1.73. The van der Waals surface area contributed by atoms with Crippen LogP contribution in [0.4, 0.5) is 0 Å². The van der Waals surface area contributed by atoms with Crippen LogP contribution in [0.1, 0.15) is 51.9 Å². The molecule has 2 atom stereocenters. The van der Waals surface area contributed by atoms with Crippen LogP contribution >= 0.6 is 0 Å². The summed E-state index contributed by atoms with van der Waals surface area (Å²) in [5.74, 6) is 0.808. The predicted molar refractivity (Wildman–Crippen MR) is 73.8 cm³/mol. The third-order valence-electron chi connectivity index (χ3n) is 4.37. The molecule has 0 bridgehead atoms. The molecule has 0 amide bonds. The van der Waals surface area contributed by atoms with Gasteiger partial charge in [-0.15, -0.1) is 0 Å². The minimum absolute atomic E-state index is 0.528. The van der Waals surface area contributed by atoms with Crippen LogP contribution in [0.25, 0.3) is 0 Å². The van der Waals surface area contributed by atoms with Gasteiger partial charge in [-0.3, -0.25) is 0 Å². The molecular formula is C15H29NO2. The highest BCUT2D eigenvalue weighted by atomic mass is 16.5. The fourth-order valence-electron chi connectivity index (χ4n) is 3.29. The van der Waals surface area contributed by atoms with Gasteiger partial charge in [-0.05, 0) is 57.4 Å². The van der Waals surface area contributed by atoms with E-state index >= 15 is 0 Å². The summed E-state index contributed by atoms with van der Waals surface area (Å²) < 4.78 is 11.3. The summed E-state index contributed by atoms with van der Waals surface area (Å²) in [6.07, 6.45) is 9.36. The molecule has 2 heterocycles. The Bertz CT molecular complexity index is 211. The van der Waals surface area contributed by atoms with Gasteiger partial charge in [-0.1, -0.05) is 6.92 Å². The molecule has 18 heavy (non-hydrogen) atoms. The topological polar surface area (TPSA) is 30.5 Å². The molecular weight excluding hydrogens is 226 g/mol. The second kappa shape index (κ2) is 8.13. The molecule has 2 aliphatic rings. The van der Waals surface area contributed by atoms with Crippen molar-refractivity contribution in [2.45, 2.75) is 64.0 Å². The molecule has 0 aromatic carbocycles. The molecule has 0 spiro atoms. The van der Waals surface area contributed by atoms with Crippen molar-refractivity contribution in [1.29, 1.82) is 0 Å². The number of hydrogen-bond donors (Lipinski definition) is 1. The highest BCUT2D eigenvalue weighted by Gasteiger charge is 2.24. The molecule has 0 aromatic rings. The molecule has 2 unspecified atom stereocenters. The van der Waals surface area contributed by atoms with Crippen molar-refractivity contribution in [3.05, 3.63) is 0 Å². The van der Waals surface area contributed by atoms with Gasteiger partial charge in [0.1, 0.15) is 0 Å². The highest BCUT2D eigenvalue weighted by Crippen LogP contribution is 2.24. The third-order valence-corrected chi connectivity index (χ3v) is 4.37. The molecule has 2 saturated heterocycles. The van der Waals surface area contributed by atoms with Gasteiger partial charge >= 0.3 is 0 Å². The van der Waals surface area contributed by atoms with Crippen molar-refractivity contribution >= 4 is 0 Å². The molecule has 3 heteroatoms. The monoisotopic (exact) mass is 255 g/mol. The molecule has 2 aliphatic heterocycles. The Morgan fingerprint density at radius 2 is 1.94 bits per heavy atom. The van der Waals surface area contributed by atoms with E-state index in [1.807, 2.05) is 0 Å². The zero-order valence-corrected chi connectivity index (χ0v) is 11.8. The minimum atomic E-state index is 0.528. The smallest absolute Gasteiger partial charge is 0.0575 e. The number of ether oxygens (including phenoxy) is 2. The van der Waals surface area contributed by atoms with E-state index in [0.29, 0.717) is 12.1 Å². The summed E-state index contributed by atoms with van der Waals surface area (Å²) in [6, 6.07) is 0.671. The van der Waals surface area contributed by atoms with Gasteiger partial charge < -0.3 is 14.8 Å². The Hall–Kier alpha value is -0.120. The van der Waals surface area contributed by atoms with Crippen LogP contribution in [0.3, 0.4) is 0 Å². The number of nitrogens with one attached hydrogen (secondary N) is 1. The SMILES string of the molecule is CCNC(CCC1CCCCO1)C1CCOCC1. The number of rotatable bonds is 6. The lowest BCUT2D eigenvalue weighted by Crippen LogP contribution is -2.39. The normalized spacial score (nSPS) is 28.2. The van der Waals surface area contributed by atoms with E-state index in [2.05, 4.69) is 12.2 Å². The van der Waals surface area contributed by atoms with E-state index in [9.17, 15) is 0 Å². The quantitative estimate of drug-likeness (QED) is 0.791. The van der Waals surface area contributed by atoms with Crippen LogP contribution in [-0.4, -0.2) is 38.5 Å². The summed E-state index contributed by atoms with van der Waals surface area (Å²) in [7, 11) is 0. The van der Waals surface area contributed by atoms with Crippen molar-refractivity contribution < 1.29 is 9.47 Å². The van der Waals surface area contributed by atoms with Crippen molar-refractivity contribution in [1.82, 2.24) is 5.32 Å². The van der Waals surface area contributed by atoms with Gasteiger partial charge in [0.2, 0.25) is 0 Å². The summed E-state index contributed by atoms with van der Waals surface area (Å²) in [5, 5.41) is 3.68. The van der Waals surface area contributed by atoms with Gasteiger partial charge in [-0.2, -0.15) is 0 Å². The lowest BCUT2D eigenvalue weighted by Gasteiger charge is -2.32. The standard InChI is InChI=1S/C15H29NO2/c1-2-16-15(13-8-11-17-12-9-13)7-6-14-5-3-4-10-18-14/h13-16H,2-12H2,1H3. The van der Waals surface area contributed by atoms with Crippen molar-refractivity contribution in [3.63, 3.8) is 0 Å². The average Bonchev–Trinajstić information content (AvgIpc) is 2.45. The zero-order valence-electron chi connectivity index (χ0n) is 11.8. The van der Waals surface area contributed by atoms with E-state index in [1.54, 1.807) is 0 Å². The molecule has 106 valence electrons. The first-order chi connectivity index (χ1) is 8.90. The molecule has 1 N–H and O–H groups in total. The summed E-state index contributed by atoms with van der Waals surface area (Å²) >= 11 is 0. The third kappa shape index (κ3) is 4.52. The second-order valence-electron chi connectivity index (χ2n) is 5.68.